The van der Waals surface area contributed by atoms with E-state index >= 15 is 9.59 Å². The van der Waals surface area contributed by atoms with Gasteiger partial charge < -0.3 is 49.6 Å². The molecule has 6 aliphatic heterocycles. The number of methoxy groups -OCH3 is 2. The Balaban J connectivity index is 0.970. The number of alkyl carbamates (subject to hydrolysis) is 1. The van der Waals surface area contributed by atoms with E-state index in [1.807, 2.05) is 79.4 Å². The average molecular weight is 1060 g/mol. The molecule has 4 amide bonds. The van der Waals surface area contributed by atoms with E-state index in [1.165, 1.54) is 12.0 Å². The second kappa shape index (κ2) is 19.7. The van der Waals surface area contributed by atoms with Gasteiger partial charge in [0.1, 0.15) is 36.5 Å². The van der Waals surface area contributed by atoms with Crippen molar-refractivity contribution in [1.82, 2.24) is 35.9 Å². The lowest BCUT2D eigenvalue weighted by atomic mass is 9.47. The van der Waals surface area contributed by atoms with Crippen LogP contribution in [0.2, 0.25) is 0 Å². The number of fused-ring (bicyclic) bond motifs is 6. The molecule has 4 aromatic rings. The Bertz CT molecular complexity index is 3020. The number of benzene rings is 3. The number of para-hydroxylation sites is 1. The summed E-state index contributed by atoms with van der Waals surface area (Å²) in [6.07, 6.45) is 4.87. The number of hydrazine groups is 1. The lowest BCUT2D eigenvalue weighted by Gasteiger charge is -2.63. The summed E-state index contributed by atoms with van der Waals surface area (Å²) in [6, 6.07) is 18.5. The highest BCUT2D eigenvalue weighted by atomic mass is 16.5. The zero-order chi connectivity index (χ0) is 54.2. The maximum Gasteiger partial charge on any atom is 0.407 e. The second-order valence-electron chi connectivity index (χ2n) is 22.7. The Hall–Kier alpha value is -6.51. The van der Waals surface area contributed by atoms with E-state index in [2.05, 4.69) is 37.0 Å². The van der Waals surface area contributed by atoms with Crippen molar-refractivity contribution in [1.29, 1.82) is 0 Å². The molecular weight excluding hydrogens is 985 g/mol. The number of H-pyrrole nitrogens is 1. The number of likely N-dealkylation sites (N-methyl/N-ethyl adjacent to an activating group) is 1. The molecule has 2 bridgehead atoms. The topological polar surface area (TPSA) is 239 Å². The molecule has 19 nitrogen and oxygen atoms in total. The molecule has 7 aliphatic rings. The van der Waals surface area contributed by atoms with Crippen LogP contribution in [-0.2, 0) is 52.5 Å². The number of piperidine rings is 1. The van der Waals surface area contributed by atoms with Gasteiger partial charge in [0.15, 0.2) is 5.60 Å². The van der Waals surface area contributed by atoms with Gasteiger partial charge in [-0.15, -0.1) is 0 Å². The molecule has 1 spiro atoms. The summed E-state index contributed by atoms with van der Waals surface area (Å²) in [5.74, 6) is -2.54. The first kappa shape index (κ1) is 52.5. The SMILES string of the molecule is CC[C@]1(O)C[C@@H]2CN(CCc3c([nH]c4ccccc34)[C@@](C(=O)OC)(c3cc4c(cc3OC)N(C)[C@@H]3C45CCN4CC=C[C@](CC)([C@H]45)[C@@H](O)[C@]3(O)C(=O)NNC(=O)[C@@H]3CCCN3C(=O)CNC(=O)OCc3ccccc3)C2)C1. The second-order valence-corrected chi connectivity index (χ2v) is 22.7. The predicted molar refractivity (Wildman–Crippen MR) is 285 cm³/mol. The Kier molecular flexibility index (Phi) is 13.5. The van der Waals surface area contributed by atoms with Gasteiger partial charge in [0.25, 0.3) is 11.8 Å². The van der Waals surface area contributed by atoms with E-state index in [-0.39, 0.29) is 31.9 Å². The Morgan fingerprint density at radius 3 is 2.43 bits per heavy atom. The monoisotopic (exact) mass is 1060 g/mol. The minimum absolute atomic E-state index is 0.0118. The standard InChI is InChI=1S/C58H72N8O11/c1-6-54(73)29-36-30-57(52(71)76-5,46-38(20-25-64(32-36)34-54)37-17-11-12-18-41(37)60-46)40-27-39-43(28-44(40)75-4)63(3)49-56(39)22-26-65-23-14-21-55(7-2,48(56)65)50(69)58(49,74)51(70)62-61-47(68)42-19-13-24-66(42)45(67)31-59-53(72)77-33-35-15-9-8-10-16-35/h8-12,14-18,21,27-28,36,42,48-50,60,69,73-74H,6-7,13,19-20,22-26,29-34H2,1-5H3,(H,59,72)(H,61,68)(H,62,70)/t36-,42-,48-,49+,50+,54-,55+,56?,57-,58-/m0/s1. The fourth-order valence-corrected chi connectivity index (χ4v) is 15.7. The van der Waals surface area contributed by atoms with Gasteiger partial charge >= 0.3 is 12.1 Å². The molecule has 0 radical (unpaired) electrons. The molecule has 7 heterocycles. The van der Waals surface area contributed by atoms with Crippen LogP contribution in [-0.4, -0.2) is 167 Å². The van der Waals surface area contributed by atoms with E-state index in [0.29, 0.717) is 93.9 Å². The van der Waals surface area contributed by atoms with Crippen molar-refractivity contribution >= 4 is 46.4 Å². The molecule has 3 saturated heterocycles. The fourth-order valence-electron chi connectivity index (χ4n) is 15.7. The number of hydrogen-bond acceptors (Lipinski definition) is 14. The molecule has 77 heavy (non-hydrogen) atoms. The van der Waals surface area contributed by atoms with E-state index in [9.17, 15) is 29.7 Å². The third kappa shape index (κ3) is 8.03. The summed E-state index contributed by atoms with van der Waals surface area (Å²) in [7, 11) is 4.76. The number of aromatic nitrogens is 1. The van der Waals surface area contributed by atoms with Gasteiger partial charge in [0.2, 0.25) is 5.91 Å². The zero-order valence-electron chi connectivity index (χ0n) is 44.6. The first-order chi connectivity index (χ1) is 37.0. The molecule has 11 atom stereocenters. The molecular formula is C58H72N8O11. The smallest absolute Gasteiger partial charge is 0.407 e. The van der Waals surface area contributed by atoms with Crippen LogP contribution in [0.15, 0.2) is 78.9 Å². The van der Waals surface area contributed by atoms with E-state index in [4.69, 9.17) is 14.2 Å². The van der Waals surface area contributed by atoms with Crippen LogP contribution in [0.25, 0.3) is 10.9 Å². The van der Waals surface area contributed by atoms with Gasteiger partial charge in [-0.25, -0.2) is 4.79 Å². The maximum atomic E-state index is 15.5. The van der Waals surface area contributed by atoms with Gasteiger partial charge in [-0.2, -0.15) is 0 Å². The number of anilines is 1. The molecule has 2 unspecified atom stereocenters. The summed E-state index contributed by atoms with van der Waals surface area (Å²) in [6.45, 7) is 6.74. The number of carbonyl (C=O) groups excluding carboxylic acids is 5. The first-order valence-corrected chi connectivity index (χ1v) is 27.3. The Morgan fingerprint density at radius 1 is 0.896 bits per heavy atom. The number of likely N-dealkylation sites (tertiary alicyclic amines) is 1. The molecule has 4 fully saturated rings. The van der Waals surface area contributed by atoms with Crippen LogP contribution in [0.1, 0.15) is 86.7 Å². The molecule has 19 heteroatoms. The number of rotatable bonds is 11. The highest BCUT2D eigenvalue weighted by molar-refractivity contribution is 5.96. The predicted octanol–water partition coefficient (Wildman–Crippen LogP) is 3.31. The lowest BCUT2D eigenvalue weighted by molar-refractivity contribution is -0.204. The quantitative estimate of drug-likeness (QED) is 0.0649. The van der Waals surface area contributed by atoms with Crippen molar-refractivity contribution in [3.63, 3.8) is 0 Å². The van der Waals surface area contributed by atoms with E-state index < -0.39 is 88.0 Å². The lowest BCUT2D eigenvalue weighted by Crippen LogP contribution is -2.82. The molecule has 7 N–H and O–H groups in total. The number of nitrogens with zero attached hydrogens (tertiary/aromatic N) is 4. The number of nitrogens with one attached hydrogen (secondary N) is 4. The third-order valence-electron chi connectivity index (χ3n) is 19.0. The van der Waals surface area contributed by atoms with Crippen molar-refractivity contribution < 1.29 is 53.5 Å². The number of amides is 4. The largest absolute Gasteiger partial charge is 0.496 e. The fraction of sp³-hybridized carbons (Fsp3) is 0.534. The van der Waals surface area contributed by atoms with Gasteiger partial charge in [-0.3, -0.25) is 39.8 Å². The van der Waals surface area contributed by atoms with Crippen LogP contribution < -0.4 is 25.8 Å². The van der Waals surface area contributed by atoms with Gasteiger partial charge in [0, 0.05) is 90.6 Å². The van der Waals surface area contributed by atoms with Gasteiger partial charge in [0.05, 0.1) is 25.9 Å². The number of aliphatic hydroxyl groups excluding tert-OH is 1. The van der Waals surface area contributed by atoms with Crippen LogP contribution in [0.5, 0.6) is 5.75 Å². The Morgan fingerprint density at radius 2 is 1.68 bits per heavy atom. The van der Waals surface area contributed by atoms with E-state index in [1.54, 1.807) is 26.3 Å². The molecule has 410 valence electrons. The number of esters is 1. The minimum atomic E-state index is -2.59. The van der Waals surface area contributed by atoms with Crippen molar-refractivity contribution in [3.8, 4) is 5.75 Å². The maximum absolute atomic E-state index is 15.5. The van der Waals surface area contributed by atoms with Gasteiger partial charge in [-0.1, -0.05) is 74.5 Å². The highest BCUT2D eigenvalue weighted by Crippen LogP contribution is 2.67. The summed E-state index contributed by atoms with van der Waals surface area (Å²) >= 11 is 0. The number of ether oxygens (including phenoxy) is 3. The first-order valence-electron chi connectivity index (χ1n) is 27.3. The number of aromatic amines is 1. The average Bonchev–Trinajstić information content (AvgIpc) is 4.37. The number of aliphatic hydroxyl groups is 3. The van der Waals surface area contributed by atoms with Crippen LogP contribution >= 0.6 is 0 Å². The zero-order valence-corrected chi connectivity index (χ0v) is 44.6. The molecule has 1 aliphatic carbocycles. The summed E-state index contributed by atoms with van der Waals surface area (Å²) in [5.41, 5.74) is 2.97. The van der Waals surface area contributed by atoms with Gasteiger partial charge in [-0.05, 0) is 92.7 Å². The number of carbonyl (C=O) groups is 5. The van der Waals surface area contributed by atoms with Crippen LogP contribution in [0.3, 0.4) is 0 Å². The van der Waals surface area contributed by atoms with Crippen LogP contribution in [0.4, 0.5) is 10.5 Å². The molecule has 3 aromatic carbocycles. The van der Waals surface area contributed by atoms with Crippen molar-refractivity contribution in [2.45, 2.75) is 118 Å². The van der Waals surface area contributed by atoms with Crippen molar-refractivity contribution in [3.05, 3.63) is 107 Å². The summed E-state index contributed by atoms with van der Waals surface area (Å²) in [4.78, 5) is 82.5. The van der Waals surface area contributed by atoms with E-state index in [0.717, 1.165) is 27.6 Å². The van der Waals surface area contributed by atoms with Crippen molar-refractivity contribution in [2.75, 3.05) is 72.0 Å². The molecule has 11 rings (SSSR count). The Labute approximate surface area is 448 Å². The molecule has 1 aromatic heterocycles. The van der Waals surface area contributed by atoms with Crippen LogP contribution in [0, 0.1) is 11.3 Å². The highest BCUT2D eigenvalue weighted by Gasteiger charge is 2.79. The van der Waals surface area contributed by atoms with Crippen molar-refractivity contribution in [2.24, 2.45) is 11.3 Å². The number of hydrogen-bond donors (Lipinski definition) is 7. The summed E-state index contributed by atoms with van der Waals surface area (Å²) < 4.78 is 17.7. The summed E-state index contributed by atoms with van der Waals surface area (Å²) in [5, 5.41) is 42.2. The minimum Gasteiger partial charge on any atom is -0.496 e. The third-order valence-corrected chi connectivity index (χ3v) is 19.0. The normalized spacial score (nSPS) is 32.9. The molecule has 1 saturated carbocycles.